The Morgan fingerprint density at radius 1 is 1.32 bits per heavy atom. The Morgan fingerprint density at radius 3 is 2.91 bits per heavy atom. The first-order valence-corrected chi connectivity index (χ1v) is 14.2. The molecule has 1 aromatic heterocycles. The predicted octanol–water partition coefficient (Wildman–Crippen LogP) is 6.51. The van der Waals surface area contributed by atoms with Crippen LogP contribution in [0, 0.1) is 11.8 Å². The molecule has 34 heavy (non-hydrogen) atoms. The van der Waals surface area contributed by atoms with Crippen molar-refractivity contribution in [1.29, 1.82) is 0 Å². The van der Waals surface area contributed by atoms with Crippen LogP contribution in [0.15, 0.2) is 24.3 Å². The van der Waals surface area contributed by atoms with Crippen LogP contribution in [0.1, 0.15) is 85.7 Å². The van der Waals surface area contributed by atoms with Gasteiger partial charge in [-0.05, 0) is 69.4 Å². The summed E-state index contributed by atoms with van der Waals surface area (Å²) >= 11 is 8.37. The van der Waals surface area contributed by atoms with Gasteiger partial charge in [-0.1, -0.05) is 38.3 Å². The van der Waals surface area contributed by atoms with Gasteiger partial charge in [0.25, 0.3) is 0 Å². The Bertz CT molecular complexity index is 760. The molecule has 5 nitrogen and oxygen atoms in total. The van der Waals surface area contributed by atoms with Crippen molar-refractivity contribution in [3.63, 3.8) is 0 Å². The Balaban J connectivity index is 1.60. The van der Waals surface area contributed by atoms with Gasteiger partial charge in [-0.3, -0.25) is 0 Å². The fraction of sp³-hybridized carbons (Fsp3) is 0.741. The number of hydrogen-bond acceptors (Lipinski definition) is 6. The molecule has 0 radical (unpaired) electrons. The van der Waals surface area contributed by atoms with E-state index in [1.54, 1.807) is 0 Å². The average molecular weight is 513 g/mol. The van der Waals surface area contributed by atoms with Gasteiger partial charge in [-0.2, -0.15) is 0 Å². The Labute approximate surface area is 213 Å². The summed E-state index contributed by atoms with van der Waals surface area (Å²) in [5.74, 6) is 0.178. The first-order valence-electron chi connectivity index (χ1n) is 13.0. The highest BCUT2D eigenvalue weighted by atomic mass is 35.5. The molecule has 2 aliphatic rings. The van der Waals surface area contributed by atoms with Crippen molar-refractivity contribution in [2.24, 2.45) is 11.8 Å². The van der Waals surface area contributed by atoms with Gasteiger partial charge >= 0.3 is 5.97 Å². The topological polar surface area (TPSA) is 65.0 Å². The molecule has 1 aromatic rings. The standard InChI is InChI=1S/C27H41ClO5S/c1-3-4-5-9-19(29)13-15-22-21(11-8-10-20-14-16-25(34-20)27(30)31-2)23(28)18-24(22)33-26-12-6-7-17-32-26/h13-16,19,21-24,26,29H,3-12,17-18H2,1-2H3/t19?,21-,22-,23-,24-,26?/m1/s1. The quantitative estimate of drug-likeness (QED) is 0.141. The van der Waals surface area contributed by atoms with Crippen molar-refractivity contribution in [3.8, 4) is 0 Å². The van der Waals surface area contributed by atoms with Crippen molar-refractivity contribution >= 4 is 28.9 Å². The number of alkyl halides is 1. The third-order valence-corrected chi connectivity index (χ3v) is 8.60. The Morgan fingerprint density at radius 2 is 2.18 bits per heavy atom. The average Bonchev–Trinajstić information content (AvgIpc) is 3.42. The molecule has 1 N–H and O–H groups in total. The predicted molar refractivity (Wildman–Crippen MR) is 138 cm³/mol. The molecule has 192 valence electrons. The number of aryl methyl sites for hydroxylation is 1. The molecule has 1 saturated heterocycles. The van der Waals surface area contributed by atoms with E-state index in [2.05, 4.69) is 13.0 Å². The van der Waals surface area contributed by atoms with E-state index in [0.29, 0.717) is 4.88 Å². The molecule has 1 aliphatic carbocycles. The summed E-state index contributed by atoms with van der Waals surface area (Å²) in [7, 11) is 1.41. The molecule has 2 heterocycles. The molecule has 1 aliphatic heterocycles. The minimum Gasteiger partial charge on any atom is -0.465 e. The van der Waals surface area contributed by atoms with Crippen LogP contribution >= 0.6 is 22.9 Å². The van der Waals surface area contributed by atoms with E-state index >= 15 is 0 Å². The summed E-state index contributed by atoms with van der Waals surface area (Å²) in [6, 6.07) is 3.85. The lowest BCUT2D eigenvalue weighted by molar-refractivity contribution is -0.192. The van der Waals surface area contributed by atoms with Gasteiger partial charge < -0.3 is 19.3 Å². The largest absolute Gasteiger partial charge is 0.465 e. The maximum absolute atomic E-state index is 11.7. The van der Waals surface area contributed by atoms with E-state index in [1.165, 1.54) is 23.3 Å². The highest BCUT2D eigenvalue weighted by Crippen LogP contribution is 2.43. The summed E-state index contributed by atoms with van der Waals surface area (Å²) in [5, 5.41) is 10.5. The maximum Gasteiger partial charge on any atom is 0.348 e. The summed E-state index contributed by atoms with van der Waals surface area (Å²) in [6.07, 6.45) is 14.6. The lowest BCUT2D eigenvalue weighted by Gasteiger charge is -2.29. The van der Waals surface area contributed by atoms with Gasteiger partial charge in [0.05, 0.1) is 19.3 Å². The summed E-state index contributed by atoms with van der Waals surface area (Å²) in [5.41, 5.74) is 0. The van der Waals surface area contributed by atoms with Crippen molar-refractivity contribution in [3.05, 3.63) is 34.0 Å². The van der Waals surface area contributed by atoms with Crippen LogP contribution in [-0.4, -0.2) is 48.7 Å². The van der Waals surface area contributed by atoms with Crippen LogP contribution in [0.4, 0.5) is 0 Å². The number of rotatable bonds is 13. The first kappa shape index (κ1) is 27.7. The highest BCUT2D eigenvalue weighted by Gasteiger charge is 2.42. The highest BCUT2D eigenvalue weighted by molar-refractivity contribution is 7.13. The first-order chi connectivity index (χ1) is 16.5. The molecular formula is C27H41ClO5S. The lowest BCUT2D eigenvalue weighted by Crippen LogP contribution is -2.30. The molecule has 0 aromatic carbocycles. The fourth-order valence-corrected chi connectivity index (χ4v) is 6.50. The SMILES string of the molecule is CCCCCC(O)C=C[C@@H]1[C@@H](CCCc2ccc(C(=O)OC)s2)[C@H](Cl)C[C@H]1OC1CCCCO1. The van der Waals surface area contributed by atoms with E-state index in [9.17, 15) is 9.90 Å². The van der Waals surface area contributed by atoms with Gasteiger partial charge in [0.2, 0.25) is 0 Å². The molecule has 6 atom stereocenters. The molecule has 2 fully saturated rings. The summed E-state index contributed by atoms with van der Waals surface area (Å²) in [6.45, 7) is 2.93. The second kappa shape index (κ2) is 14.6. The molecule has 0 bridgehead atoms. The Kier molecular flexibility index (Phi) is 11.9. The molecule has 3 rings (SSSR count). The lowest BCUT2D eigenvalue weighted by atomic mass is 9.88. The number of carbonyl (C=O) groups is 1. The number of ether oxygens (including phenoxy) is 3. The molecule has 0 amide bonds. The maximum atomic E-state index is 11.7. The van der Waals surface area contributed by atoms with Crippen LogP contribution in [0.5, 0.6) is 0 Å². The van der Waals surface area contributed by atoms with E-state index < -0.39 is 6.10 Å². The number of aliphatic hydroxyl groups is 1. The van der Waals surface area contributed by atoms with Gasteiger partial charge in [0.1, 0.15) is 4.88 Å². The number of hydrogen-bond donors (Lipinski definition) is 1. The third kappa shape index (κ3) is 8.34. The zero-order valence-electron chi connectivity index (χ0n) is 20.6. The number of unbranched alkanes of at least 4 members (excludes halogenated alkanes) is 2. The zero-order valence-corrected chi connectivity index (χ0v) is 22.2. The van der Waals surface area contributed by atoms with Gasteiger partial charge in [0, 0.05) is 22.8 Å². The van der Waals surface area contributed by atoms with E-state index in [1.807, 2.05) is 18.2 Å². The van der Waals surface area contributed by atoms with Crippen molar-refractivity contribution in [1.82, 2.24) is 0 Å². The number of halogens is 1. The van der Waals surface area contributed by atoms with Gasteiger partial charge in [-0.25, -0.2) is 4.79 Å². The van der Waals surface area contributed by atoms with Crippen LogP contribution in [0.3, 0.4) is 0 Å². The van der Waals surface area contributed by atoms with E-state index in [4.69, 9.17) is 25.8 Å². The van der Waals surface area contributed by atoms with Crippen molar-refractivity contribution < 1.29 is 24.1 Å². The summed E-state index contributed by atoms with van der Waals surface area (Å²) in [4.78, 5) is 13.6. The molecular weight excluding hydrogens is 472 g/mol. The van der Waals surface area contributed by atoms with Crippen molar-refractivity contribution in [2.75, 3.05) is 13.7 Å². The number of esters is 1. The van der Waals surface area contributed by atoms with Gasteiger partial charge in [0.15, 0.2) is 6.29 Å². The normalized spacial score (nSPS) is 28.4. The second-order valence-corrected chi connectivity index (χ2v) is 11.3. The number of thiophene rings is 1. The minimum absolute atomic E-state index is 0.0161. The van der Waals surface area contributed by atoms with Crippen LogP contribution < -0.4 is 0 Å². The smallest absolute Gasteiger partial charge is 0.348 e. The van der Waals surface area contributed by atoms with Crippen molar-refractivity contribution in [2.45, 2.75) is 101 Å². The zero-order chi connectivity index (χ0) is 24.3. The minimum atomic E-state index is -0.420. The third-order valence-electron chi connectivity index (χ3n) is 6.98. The Hall–Kier alpha value is -0.920. The van der Waals surface area contributed by atoms with Crippen LogP contribution in [0.2, 0.25) is 0 Å². The molecule has 0 spiro atoms. The monoisotopic (exact) mass is 512 g/mol. The van der Waals surface area contributed by atoms with Crippen LogP contribution in [0.25, 0.3) is 0 Å². The number of methoxy groups -OCH3 is 1. The number of aliphatic hydroxyl groups excluding tert-OH is 1. The fourth-order valence-electron chi connectivity index (χ4n) is 5.06. The van der Waals surface area contributed by atoms with E-state index in [-0.39, 0.29) is 35.6 Å². The second-order valence-electron chi connectivity index (χ2n) is 9.56. The number of carbonyl (C=O) groups excluding carboxylic acids is 1. The molecule has 2 unspecified atom stereocenters. The molecule has 7 heteroatoms. The van der Waals surface area contributed by atoms with Crippen LogP contribution in [-0.2, 0) is 20.6 Å². The summed E-state index contributed by atoms with van der Waals surface area (Å²) < 4.78 is 17.1. The molecule has 1 saturated carbocycles. The van der Waals surface area contributed by atoms with Gasteiger partial charge in [-0.15, -0.1) is 22.9 Å². The van der Waals surface area contributed by atoms with E-state index in [0.717, 1.165) is 77.2 Å².